The molecule has 0 radical (unpaired) electrons. The summed E-state index contributed by atoms with van der Waals surface area (Å²) in [6.07, 6.45) is 15.9. The Morgan fingerprint density at radius 1 is 0.455 bits per heavy atom. The molecule has 0 saturated carbocycles. The molecule has 77 heavy (non-hydrogen) atoms. The molecule has 1 amide bonds. The van der Waals surface area contributed by atoms with Gasteiger partial charge < -0.3 is 89.9 Å². The number of amides is 1. The molecular weight excluding hydrogens is 999 g/mol. The van der Waals surface area contributed by atoms with Gasteiger partial charge in [0.1, 0.15) is 73.2 Å². The maximum atomic E-state index is 13.3. The van der Waals surface area contributed by atoms with E-state index >= 15 is 0 Å². The molecule has 3 saturated heterocycles. The van der Waals surface area contributed by atoms with E-state index in [1.165, 1.54) is 116 Å². The van der Waals surface area contributed by atoms with Crippen LogP contribution in [0.2, 0.25) is 0 Å². The third-order valence-corrected chi connectivity index (χ3v) is 15.2. The van der Waals surface area contributed by atoms with Crippen LogP contribution in [0.15, 0.2) is 24.3 Å². The fraction of sp³-hybridized carbons (Fsp3) is 0.914. The highest BCUT2D eigenvalue weighted by atomic mass is 16.8. The van der Waals surface area contributed by atoms with Gasteiger partial charge in [-0.25, -0.2) is 0 Å². The van der Waals surface area contributed by atoms with E-state index in [9.17, 15) is 61.0 Å². The molecule has 0 spiro atoms. The molecule has 0 aliphatic carbocycles. The predicted molar refractivity (Wildman–Crippen MR) is 291 cm³/mol. The Balaban J connectivity index is 1.50. The number of carbonyl (C=O) groups excluding carboxylic acids is 1. The predicted octanol–water partition coefficient (Wildman–Crippen LogP) is 5.15. The van der Waals surface area contributed by atoms with Gasteiger partial charge in [0.15, 0.2) is 18.9 Å². The minimum atomic E-state index is -1.98. The van der Waals surface area contributed by atoms with E-state index in [2.05, 4.69) is 31.3 Å². The van der Waals surface area contributed by atoms with Crippen molar-refractivity contribution in [2.24, 2.45) is 0 Å². The van der Waals surface area contributed by atoms with E-state index in [4.69, 9.17) is 28.4 Å². The highest BCUT2D eigenvalue weighted by Gasteiger charge is 2.53. The molecule has 17 atom stereocenters. The lowest BCUT2D eigenvalue weighted by molar-refractivity contribution is -0.379. The topological polar surface area (TPSA) is 307 Å². The van der Waals surface area contributed by atoms with Crippen molar-refractivity contribution in [1.82, 2.24) is 5.32 Å². The molecule has 3 aliphatic heterocycles. The van der Waals surface area contributed by atoms with Gasteiger partial charge >= 0.3 is 0 Å². The van der Waals surface area contributed by atoms with Gasteiger partial charge in [-0.15, -0.1) is 0 Å². The van der Waals surface area contributed by atoms with Crippen LogP contribution < -0.4 is 5.32 Å². The zero-order valence-corrected chi connectivity index (χ0v) is 46.9. The summed E-state index contributed by atoms with van der Waals surface area (Å²) >= 11 is 0. The van der Waals surface area contributed by atoms with Gasteiger partial charge in [-0.1, -0.05) is 179 Å². The van der Waals surface area contributed by atoms with Gasteiger partial charge in [0.25, 0.3) is 0 Å². The maximum Gasteiger partial charge on any atom is 0.220 e. The van der Waals surface area contributed by atoms with E-state index in [0.29, 0.717) is 6.42 Å². The molecule has 3 fully saturated rings. The van der Waals surface area contributed by atoms with Crippen LogP contribution in [0.3, 0.4) is 0 Å². The molecule has 19 nitrogen and oxygen atoms in total. The first kappa shape index (κ1) is 69.5. The molecule has 0 aromatic rings. The van der Waals surface area contributed by atoms with Crippen LogP contribution in [0.5, 0.6) is 0 Å². The third-order valence-electron chi connectivity index (χ3n) is 15.2. The van der Waals surface area contributed by atoms with E-state index in [1.54, 1.807) is 6.08 Å². The van der Waals surface area contributed by atoms with Crippen molar-refractivity contribution < 1.29 is 89.4 Å². The van der Waals surface area contributed by atoms with Gasteiger partial charge in [-0.2, -0.15) is 0 Å². The number of allylic oxidation sites excluding steroid dienone is 3. The molecule has 19 heteroatoms. The number of aliphatic hydroxyl groups excluding tert-OH is 11. The Kier molecular flexibility index (Phi) is 38.1. The van der Waals surface area contributed by atoms with Crippen LogP contribution in [0.25, 0.3) is 0 Å². The van der Waals surface area contributed by atoms with Crippen LogP contribution in [-0.4, -0.2) is 193 Å². The monoisotopic (exact) mass is 1110 g/mol. The van der Waals surface area contributed by atoms with Crippen LogP contribution in [-0.2, 0) is 33.2 Å². The molecule has 0 aromatic carbocycles. The molecule has 3 aliphatic rings. The Morgan fingerprint density at radius 3 is 1.29 bits per heavy atom. The summed E-state index contributed by atoms with van der Waals surface area (Å²) in [5.74, 6) is -0.286. The number of carbonyl (C=O) groups is 1. The standard InChI is InChI=1S/C58H107NO18/c1-3-5-7-9-11-13-15-17-18-19-20-21-22-23-24-25-27-29-31-33-35-42(63)41(59-46(64)36-34-32-30-28-26-16-14-12-10-8-6-4-2)40-72-56-52(70)49(67)54(44(38-61)74-56)77-58-53(71)50(68)55(45(39-62)75-58)76-57-51(69)48(66)47(65)43(37-60)73-57/h12,14,33,35,41-45,47-58,60-63,65-71H,3-11,13,15-32,34,36-40H2,1-2H3,(H,59,64)/b14-12-,35-33+. The van der Waals surface area contributed by atoms with Crippen LogP contribution in [0.1, 0.15) is 206 Å². The van der Waals surface area contributed by atoms with E-state index < -0.39 is 124 Å². The number of hydrogen-bond donors (Lipinski definition) is 12. The fourth-order valence-electron chi connectivity index (χ4n) is 10.2. The number of ether oxygens (including phenoxy) is 6. The number of unbranched alkanes of at least 4 members (excludes halogenated alkanes) is 26. The summed E-state index contributed by atoms with van der Waals surface area (Å²) in [5, 5.41) is 120. The lowest BCUT2D eigenvalue weighted by Gasteiger charge is -2.48. The molecule has 17 unspecified atom stereocenters. The Hall–Kier alpha value is -1.73. The van der Waals surface area contributed by atoms with Crippen molar-refractivity contribution in [3.63, 3.8) is 0 Å². The first-order valence-electron chi connectivity index (χ1n) is 30.1. The number of rotatable bonds is 44. The maximum absolute atomic E-state index is 13.3. The molecule has 0 aromatic heterocycles. The Morgan fingerprint density at radius 2 is 0.818 bits per heavy atom. The average molecular weight is 1110 g/mol. The van der Waals surface area contributed by atoms with Gasteiger partial charge in [0.05, 0.1) is 38.6 Å². The van der Waals surface area contributed by atoms with Gasteiger partial charge in [-0.3, -0.25) is 4.79 Å². The summed E-state index contributed by atoms with van der Waals surface area (Å²) in [4.78, 5) is 13.3. The normalized spacial score (nSPS) is 30.8. The molecule has 12 N–H and O–H groups in total. The minimum absolute atomic E-state index is 0.234. The van der Waals surface area contributed by atoms with Crippen molar-refractivity contribution in [3.05, 3.63) is 24.3 Å². The molecular formula is C58H107NO18. The lowest BCUT2D eigenvalue weighted by Crippen LogP contribution is -2.66. The molecule has 3 rings (SSSR count). The minimum Gasteiger partial charge on any atom is -0.394 e. The summed E-state index contributed by atoms with van der Waals surface area (Å²) in [5.41, 5.74) is 0. The zero-order chi connectivity index (χ0) is 56.2. The highest BCUT2D eigenvalue weighted by Crippen LogP contribution is 2.33. The first-order valence-corrected chi connectivity index (χ1v) is 30.1. The number of hydrogen-bond acceptors (Lipinski definition) is 18. The van der Waals surface area contributed by atoms with Gasteiger partial charge in [0, 0.05) is 6.42 Å². The smallest absolute Gasteiger partial charge is 0.220 e. The van der Waals surface area contributed by atoms with Crippen LogP contribution in [0, 0.1) is 0 Å². The van der Waals surface area contributed by atoms with Crippen molar-refractivity contribution in [2.75, 3.05) is 26.4 Å². The van der Waals surface area contributed by atoms with E-state index in [0.717, 1.165) is 64.2 Å². The highest BCUT2D eigenvalue weighted by molar-refractivity contribution is 5.76. The van der Waals surface area contributed by atoms with E-state index in [-0.39, 0.29) is 18.9 Å². The average Bonchev–Trinajstić information content (AvgIpc) is 3.43. The Labute approximate surface area is 460 Å². The quantitative estimate of drug-likeness (QED) is 0.0277. The SMILES string of the molecule is CCCCC/C=C\CCCCCCCC(=O)NC(COC1OC(CO)C(OC2OC(CO)C(OC3OC(CO)C(O)C(O)C3O)C(O)C2O)C(O)C1O)C(O)/C=C/CCCCCCCCCCCCCCCCCCCC. The summed E-state index contributed by atoms with van der Waals surface area (Å²) < 4.78 is 34.2. The second kappa shape index (κ2) is 42.1. The first-order chi connectivity index (χ1) is 37.3. The molecule has 0 bridgehead atoms. The third kappa shape index (κ3) is 26.4. The van der Waals surface area contributed by atoms with Gasteiger partial charge in [-0.05, 0) is 44.9 Å². The fourth-order valence-corrected chi connectivity index (χ4v) is 10.2. The Bertz CT molecular complexity index is 1510. The summed E-state index contributed by atoms with van der Waals surface area (Å²) in [6.45, 7) is 1.69. The number of nitrogens with one attached hydrogen (secondary N) is 1. The second-order valence-corrected chi connectivity index (χ2v) is 21.8. The lowest BCUT2D eigenvalue weighted by atomic mass is 9.96. The van der Waals surface area contributed by atoms with Crippen LogP contribution >= 0.6 is 0 Å². The van der Waals surface area contributed by atoms with Crippen molar-refractivity contribution >= 4 is 5.91 Å². The van der Waals surface area contributed by atoms with Crippen molar-refractivity contribution in [3.8, 4) is 0 Å². The summed E-state index contributed by atoms with van der Waals surface area (Å²) in [7, 11) is 0. The van der Waals surface area contributed by atoms with Gasteiger partial charge in [0.2, 0.25) is 5.91 Å². The largest absolute Gasteiger partial charge is 0.394 e. The molecule has 3 heterocycles. The van der Waals surface area contributed by atoms with E-state index in [1.807, 2.05) is 6.08 Å². The van der Waals surface area contributed by atoms with Crippen molar-refractivity contribution in [1.29, 1.82) is 0 Å². The number of aliphatic hydroxyl groups is 11. The van der Waals surface area contributed by atoms with Crippen molar-refractivity contribution in [2.45, 2.75) is 311 Å². The summed E-state index contributed by atoms with van der Waals surface area (Å²) in [6, 6.07) is -0.974. The second-order valence-electron chi connectivity index (χ2n) is 21.8. The molecule has 452 valence electrons. The van der Waals surface area contributed by atoms with Crippen LogP contribution in [0.4, 0.5) is 0 Å². The zero-order valence-electron chi connectivity index (χ0n) is 46.9.